The standard InChI is InChI=1S/C23H34FN5O2/c24-18-6-7-21(30)20(17-18)26-23(25-10-4-14-28-13-3-5-22(28)31)29-15-8-19(9-16-29)27-11-1-2-12-27/h6-7,17,19,30H,1-5,8-16H2,(H,25,26). The first-order valence-electron chi connectivity index (χ1n) is 11.7. The summed E-state index contributed by atoms with van der Waals surface area (Å²) in [4.78, 5) is 23.3. The molecule has 2 N–H and O–H groups in total. The molecule has 31 heavy (non-hydrogen) atoms. The number of likely N-dealkylation sites (tertiary alicyclic amines) is 3. The number of aliphatic imine (C=N–C) groups is 1. The summed E-state index contributed by atoms with van der Waals surface area (Å²) in [5, 5.41) is 13.3. The van der Waals surface area contributed by atoms with Crippen LogP contribution in [0.2, 0.25) is 0 Å². The number of carbonyl (C=O) groups excluding carboxylic acids is 1. The number of phenols is 1. The first kappa shape index (κ1) is 21.9. The molecule has 0 saturated carbocycles. The molecule has 4 rings (SSSR count). The van der Waals surface area contributed by atoms with Crippen LogP contribution in [0.1, 0.15) is 44.9 Å². The van der Waals surface area contributed by atoms with Crippen LogP contribution in [0.4, 0.5) is 10.1 Å². The number of piperidine rings is 1. The molecule has 170 valence electrons. The van der Waals surface area contributed by atoms with Gasteiger partial charge in [-0.3, -0.25) is 9.79 Å². The molecular weight excluding hydrogens is 397 g/mol. The van der Waals surface area contributed by atoms with E-state index in [1.807, 2.05) is 4.90 Å². The van der Waals surface area contributed by atoms with Gasteiger partial charge in [-0.1, -0.05) is 0 Å². The number of guanidine groups is 1. The molecule has 0 aliphatic carbocycles. The maximum Gasteiger partial charge on any atom is 0.222 e. The molecule has 7 nitrogen and oxygen atoms in total. The summed E-state index contributed by atoms with van der Waals surface area (Å²) in [7, 11) is 0. The van der Waals surface area contributed by atoms with Gasteiger partial charge in [0, 0.05) is 51.3 Å². The van der Waals surface area contributed by atoms with Crippen LogP contribution in [0.15, 0.2) is 23.2 Å². The van der Waals surface area contributed by atoms with Crippen LogP contribution in [0.3, 0.4) is 0 Å². The van der Waals surface area contributed by atoms with Crippen molar-refractivity contribution in [2.45, 2.75) is 51.0 Å². The molecule has 0 atom stereocenters. The monoisotopic (exact) mass is 431 g/mol. The van der Waals surface area contributed by atoms with Gasteiger partial charge in [0.05, 0.1) is 5.69 Å². The Morgan fingerprint density at radius 2 is 1.90 bits per heavy atom. The number of rotatable bonds is 6. The van der Waals surface area contributed by atoms with Crippen molar-refractivity contribution in [2.24, 2.45) is 4.99 Å². The quantitative estimate of drug-likeness (QED) is 0.314. The van der Waals surface area contributed by atoms with Crippen LogP contribution in [0.5, 0.6) is 5.75 Å². The van der Waals surface area contributed by atoms with Crippen LogP contribution in [0, 0.1) is 5.82 Å². The van der Waals surface area contributed by atoms with Gasteiger partial charge >= 0.3 is 0 Å². The summed E-state index contributed by atoms with van der Waals surface area (Å²) in [6, 6.07) is 4.52. The molecule has 8 heteroatoms. The van der Waals surface area contributed by atoms with Gasteiger partial charge in [-0.25, -0.2) is 4.39 Å². The lowest BCUT2D eigenvalue weighted by Gasteiger charge is -2.38. The SMILES string of the molecule is O=C1CCCN1CCCN=C(Nc1cc(F)ccc1O)N1CCC(N2CCCC2)CC1. The van der Waals surface area contributed by atoms with Crippen molar-refractivity contribution < 1.29 is 14.3 Å². The zero-order valence-corrected chi connectivity index (χ0v) is 18.2. The first-order valence-corrected chi connectivity index (χ1v) is 11.7. The van der Waals surface area contributed by atoms with Crippen LogP contribution < -0.4 is 5.32 Å². The molecule has 3 saturated heterocycles. The molecule has 0 bridgehead atoms. The van der Waals surface area contributed by atoms with Crippen molar-refractivity contribution in [1.29, 1.82) is 0 Å². The Balaban J connectivity index is 1.39. The van der Waals surface area contributed by atoms with E-state index in [2.05, 4.69) is 15.1 Å². The van der Waals surface area contributed by atoms with Gasteiger partial charge in [0.15, 0.2) is 5.96 Å². The molecule has 3 aliphatic rings. The van der Waals surface area contributed by atoms with Crippen molar-refractivity contribution in [1.82, 2.24) is 14.7 Å². The van der Waals surface area contributed by atoms with Gasteiger partial charge in [0.25, 0.3) is 0 Å². The first-order chi connectivity index (χ1) is 15.1. The van der Waals surface area contributed by atoms with Crippen LogP contribution in [0.25, 0.3) is 0 Å². The van der Waals surface area contributed by atoms with Crippen LogP contribution in [-0.4, -0.2) is 83.5 Å². The van der Waals surface area contributed by atoms with E-state index in [1.54, 1.807) is 0 Å². The fraction of sp³-hybridized carbons (Fsp3) is 0.652. The Kier molecular flexibility index (Phi) is 7.27. The molecule has 0 radical (unpaired) electrons. The third-order valence-corrected chi connectivity index (χ3v) is 6.65. The Morgan fingerprint density at radius 1 is 1.13 bits per heavy atom. The van der Waals surface area contributed by atoms with E-state index in [4.69, 9.17) is 4.99 Å². The molecule has 0 unspecified atom stereocenters. The Morgan fingerprint density at radius 3 is 2.61 bits per heavy atom. The number of carbonyl (C=O) groups is 1. The maximum atomic E-state index is 13.7. The molecule has 0 spiro atoms. The average Bonchev–Trinajstić information content (AvgIpc) is 3.45. The highest BCUT2D eigenvalue weighted by Gasteiger charge is 2.28. The third-order valence-electron chi connectivity index (χ3n) is 6.65. The molecule has 3 fully saturated rings. The number of halogens is 1. The lowest BCUT2D eigenvalue weighted by Crippen LogP contribution is -2.47. The zero-order valence-electron chi connectivity index (χ0n) is 18.2. The Hall–Kier alpha value is -2.35. The number of aromatic hydroxyl groups is 1. The average molecular weight is 432 g/mol. The Labute approximate surface area is 183 Å². The van der Waals surface area contributed by atoms with Crippen molar-refractivity contribution in [2.75, 3.05) is 51.1 Å². The summed E-state index contributed by atoms with van der Waals surface area (Å²) >= 11 is 0. The number of benzene rings is 1. The van der Waals surface area contributed by atoms with Gasteiger partial charge < -0.3 is 25.1 Å². The minimum Gasteiger partial charge on any atom is -0.506 e. The fourth-order valence-corrected chi connectivity index (χ4v) is 4.88. The van der Waals surface area contributed by atoms with E-state index in [-0.39, 0.29) is 11.7 Å². The second-order valence-electron chi connectivity index (χ2n) is 8.79. The number of hydrogen-bond acceptors (Lipinski definition) is 4. The minimum absolute atomic E-state index is 0.00344. The van der Waals surface area contributed by atoms with Crippen molar-refractivity contribution in [3.8, 4) is 5.75 Å². The zero-order chi connectivity index (χ0) is 21.6. The van der Waals surface area contributed by atoms with E-state index in [1.165, 1.54) is 44.1 Å². The highest BCUT2D eigenvalue weighted by atomic mass is 19.1. The van der Waals surface area contributed by atoms with Crippen molar-refractivity contribution in [3.63, 3.8) is 0 Å². The second kappa shape index (κ2) is 10.3. The van der Waals surface area contributed by atoms with Crippen LogP contribution in [-0.2, 0) is 4.79 Å². The van der Waals surface area contributed by atoms with E-state index in [0.29, 0.717) is 30.7 Å². The normalized spacial score (nSPS) is 21.3. The molecule has 1 aromatic carbocycles. The maximum absolute atomic E-state index is 13.7. The summed E-state index contributed by atoms with van der Waals surface area (Å²) in [6.45, 7) is 6.31. The number of anilines is 1. The highest BCUT2D eigenvalue weighted by molar-refractivity contribution is 5.95. The van der Waals surface area contributed by atoms with Gasteiger partial charge in [0.1, 0.15) is 11.6 Å². The number of nitrogens with zero attached hydrogens (tertiary/aromatic N) is 4. The molecular formula is C23H34FN5O2. The van der Waals surface area contributed by atoms with Crippen molar-refractivity contribution >= 4 is 17.6 Å². The summed E-state index contributed by atoms with van der Waals surface area (Å²) < 4.78 is 13.7. The predicted octanol–water partition coefficient (Wildman–Crippen LogP) is 2.87. The Bertz CT molecular complexity index is 788. The number of hydrogen-bond donors (Lipinski definition) is 2. The summed E-state index contributed by atoms with van der Waals surface area (Å²) in [6.07, 6.45) is 7.15. The summed E-state index contributed by atoms with van der Waals surface area (Å²) in [5.74, 6) is 0.508. The minimum atomic E-state index is -0.403. The van der Waals surface area contributed by atoms with Crippen molar-refractivity contribution in [3.05, 3.63) is 24.0 Å². The second-order valence-corrected chi connectivity index (χ2v) is 8.79. The van der Waals surface area contributed by atoms with Gasteiger partial charge in [-0.2, -0.15) is 0 Å². The van der Waals surface area contributed by atoms with E-state index >= 15 is 0 Å². The number of phenolic OH excluding ortho intramolecular Hbond substituents is 1. The van der Waals surface area contributed by atoms with Crippen LogP contribution >= 0.6 is 0 Å². The van der Waals surface area contributed by atoms with Gasteiger partial charge in [0.2, 0.25) is 5.91 Å². The number of nitrogens with one attached hydrogen (secondary N) is 1. The topological polar surface area (TPSA) is 71.4 Å². The molecule has 3 heterocycles. The van der Waals surface area contributed by atoms with E-state index in [0.717, 1.165) is 51.9 Å². The lowest BCUT2D eigenvalue weighted by molar-refractivity contribution is -0.127. The molecule has 3 aliphatic heterocycles. The molecule has 0 aromatic heterocycles. The summed E-state index contributed by atoms with van der Waals surface area (Å²) in [5.41, 5.74) is 0.329. The lowest BCUT2D eigenvalue weighted by atomic mass is 10.0. The van der Waals surface area contributed by atoms with Gasteiger partial charge in [-0.15, -0.1) is 0 Å². The number of amides is 1. The predicted molar refractivity (Wildman–Crippen MR) is 120 cm³/mol. The van der Waals surface area contributed by atoms with Gasteiger partial charge in [-0.05, 0) is 63.7 Å². The molecule has 1 aromatic rings. The third kappa shape index (κ3) is 5.67. The van der Waals surface area contributed by atoms with E-state index < -0.39 is 5.82 Å². The van der Waals surface area contributed by atoms with E-state index in [9.17, 15) is 14.3 Å². The smallest absolute Gasteiger partial charge is 0.222 e. The highest BCUT2D eigenvalue weighted by Crippen LogP contribution is 2.26. The largest absolute Gasteiger partial charge is 0.506 e. The molecule has 1 amide bonds. The fourth-order valence-electron chi connectivity index (χ4n) is 4.88.